The molecule has 1 fully saturated rings. The van der Waals surface area contributed by atoms with E-state index in [1.165, 1.54) is 0 Å². The monoisotopic (exact) mass is 663 g/mol. The molecule has 4 aromatic rings. The highest BCUT2D eigenvalue weighted by Gasteiger charge is 2.14. The lowest BCUT2D eigenvalue weighted by Crippen LogP contribution is -2.39. The summed E-state index contributed by atoms with van der Waals surface area (Å²) in [6, 6.07) is 3.87. The molecule has 0 bridgehead atoms. The van der Waals surface area contributed by atoms with E-state index in [-0.39, 0.29) is 6.04 Å². The molecule has 5 heterocycles. The summed E-state index contributed by atoms with van der Waals surface area (Å²) in [5.41, 5.74) is 11.8. The average Bonchev–Trinajstić information content (AvgIpc) is 3.65. The second kappa shape index (κ2) is 13.6. The Morgan fingerprint density at radius 2 is 1.41 bits per heavy atom. The van der Waals surface area contributed by atoms with E-state index in [1.54, 1.807) is 40.2 Å². The van der Waals surface area contributed by atoms with E-state index in [0.29, 0.717) is 44.1 Å². The fourth-order valence-corrected chi connectivity index (χ4v) is 4.14. The number of anilines is 4. The molecule has 0 unspecified atom stereocenters. The van der Waals surface area contributed by atoms with Crippen LogP contribution in [-0.4, -0.2) is 89.8 Å². The van der Waals surface area contributed by atoms with Crippen LogP contribution in [0.15, 0.2) is 45.9 Å². The summed E-state index contributed by atoms with van der Waals surface area (Å²) in [5.74, 6) is 2.99. The standard InChI is InChI=1S/C13H18BrN7O.C10H13BrN6/c14-10-11(15)18-13(21-4-1-2-17-21)19-12(10)16-3-5-20-6-8-22-9-7-20;1-6(2)14-9-7(11)8(12)15-10(16-9)17-5-3-4-13-17/h1-2,4H,3,5-9H2,(H3,15,16,18,19);3-6H,1-2H3,(H3,12,14,15,16). The number of nitrogens with one attached hydrogen (secondary N) is 2. The van der Waals surface area contributed by atoms with Crippen molar-refractivity contribution in [2.24, 2.45) is 0 Å². The molecule has 0 saturated carbocycles. The van der Waals surface area contributed by atoms with E-state index in [0.717, 1.165) is 39.4 Å². The zero-order valence-corrected chi connectivity index (χ0v) is 24.8. The fourth-order valence-electron chi connectivity index (χ4n) is 3.53. The van der Waals surface area contributed by atoms with E-state index in [1.807, 2.05) is 19.9 Å². The number of nitrogens with two attached hydrogens (primary N) is 2. The minimum Gasteiger partial charge on any atom is -0.383 e. The van der Waals surface area contributed by atoms with Gasteiger partial charge in [0.2, 0.25) is 0 Å². The summed E-state index contributed by atoms with van der Waals surface area (Å²) in [7, 11) is 0. The third-order valence-electron chi connectivity index (χ3n) is 5.40. The number of hydrogen-bond donors (Lipinski definition) is 4. The van der Waals surface area contributed by atoms with E-state index >= 15 is 0 Å². The predicted molar refractivity (Wildman–Crippen MR) is 157 cm³/mol. The fraction of sp³-hybridized carbons (Fsp3) is 0.391. The van der Waals surface area contributed by atoms with Crippen LogP contribution in [0.1, 0.15) is 13.8 Å². The number of hydrogen-bond acceptors (Lipinski definition) is 12. The van der Waals surface area contributed by atoms with Gasteiger partial charge in [0.15, 0.2) is 0 Å². The second-order valence-corrected chi connectivity index (χ2v) is 10.3. The topological polar surface area (TPSA) is 176 Å². The van der Waals surface area contributed by atoms with Crippen molar-refractivity contribution < 1.29 is 4.74 Å². The van der Waals surface area contributed by atoms with Gasteiger partial charge in [0.05, 0.1) is 13.2 Å². The van der Waals surface area contributed by atoms with Crippen LogP contribution in [0.2, 0.25) is 0 Å². The predicted octanol–water partition coefficient (Wildman–Crippen LogP) is 2.58. The molecule has 208 valence electrons. The van der Waals surface area contributed by atoms with Crippen LogP contribution >= 0.6 is 31.9 Å². The van der Waals surface area contributed by atoms with E-state index in [4.69, 9.17) is 16.2 Å². The van der Waals surface area contributed by atoms with Crippen LogP contribution in [0, 0.1) is 0 Å². The Kier molecular flexibility index (Phi) is 10.0. The Balaban J connectivity index is 0.000000187. The third kappa shape index (κ3) is 7.84. The Morgan fingerprint density at radius 1 is 0.872 bits per heavy atom. The van der Waals surface area contributed by atoms with Gasteiger partial charge < -0.3 is 26.8 Å². The molecule has 5 rings (SSSR count). The normalized spacial score (nSPS) is 13.7. The van der Waals surface area contributed by atoms with Crippen LogP contribution in [0.4, 0.5) is 23.3 Å². The van der Waals surface area contributed by atoms with E-state index < -0.39 is 0 Å². The molecule has 0 atom stereocenters. The number of ether oxygens (including phenoxy) is 1. The molecule has 0 spiro atoms. The quantitative estimate of drug-likeness (QED) is 0.217. The van der Waals surface area contributed by atoms with Crippen molar-refractivity contribution in [1.82, 2.24) is 44.4 Å². The minimum atomic E-state index is 0.256. The lowest BCUT2D eigenvalue weighted by atomic mass is 10.4. The van der Waals surface area contributed by atoms with Crippen molar-refractivity contribution >= 4 is 55.1 Å². The molecule has 0 amide bonds. The van der Waals surface area contributed by atoms with Gasteiger partial charge in [-0.25, -0.2) is 9.36 Å². The van der Waals surface area contributed by atoms with Crippen molar-refractivity contribution in [3.63, 3.8) is 0 Å². The Morgan fingerprint density at radius 3 is 1.92 bits per heavy atom. The van der Waals surface area contributed by atoms with Gasteiger partial charge in [-0.05, 0) is 57.8 Å². The maximum atomic E-state index is 5.94. The molecule has 4 aromatic heterocycles. The van der Waals surface area contributed by atoms with Crippen molar-refractivity contribution in [3.8, 4) is 11.9 Å². The van der Waals surface area contributed by atoms with E-state index in [2.05, 4.69) is 77.5 Å². The molecular formula is C23H31Br2N13O. The molecule has 1 aliphatic heterocycles. The maximum Gasteiger partial charge on any atom is 0.254 e. The van der Waals surface area contributed by atoms with Crippen LogP contribution in [0.25, 0.3) is 11.9 Å². The number of morpholine rings is 1. The largest absolute Gasteiger partial charge is 0.383 e. The van der Waals surface area contributed by atoms with Crippen LogP contribution < -0.4 is 22.1 Å². The second-order valence-electron chi connectivity index (χ2n) is 8.72. The van der Waals surface area contributed by atoms with Crippen molar-refractivity contribution in [1.29, 1.82) is 0 Å². The van der Waals surface area contributed by atoms with Gasteiger partial charge in [0.25, 0.3) is 11.9 Å². The first-order valence-corrected chi connectivity index (χ1v) is 13.9. The van der Waals surface area contributed by atoms with Crippen molar-refractivity contribution in [2.45, 2.75) is 19.9 Å². The first kappa shape index (κ1) is 28.7. The minimum absolute atomic E-state index is 0.256. The zero-order valence-electron chi connectivity index (χ0n) is 21.6. The van der Waals surface area contributed by atoms with E-state index in [9.17, 15) is 0 Å². The number of rotatable bonds is 8. The molecule has 6 N–H and O–H groups in total. The third-order valence-corrected chi connectivity index (χ3v) is 6.96. The molecule has 1 aliphatic rings. The molecule has 0 aromatic carbocycles. The molecule has 0 radical (unpaired) electrons. The lowest BCUT2D eigenvalue weighted by Gasteiger charge is -2.26. The van der Waals surface area contributed by atoms with Crippen molar-refractivity contribution in [2.75, 3.05) is 61.5 Å². The lowest BCUT2D eigenvalue weighted by molar-refractivity contribution is 0.0398. The summed E-state index contributed by atoms with van der Waals surface area (Å²) in [4.78, 5) is 19.6. The number of nitrogens with zero attached hydrogens (tertiary/aromatic N) is 9. The summed E-state index contributed by atoms with van der Waals surface area (Å²) in [5, 5.41) is 14.7. The van der Waals surface area contributed by atoms with Crippen LogP contribution in [0.3, 0.4) is 0 Å². The van der Waals surface area contributed by atoms with Crippen LogP contribution in [-0.2, 0) is 4.74 Å². The van der Waals surface area contributed by atoms with Gasteiger partial charge in [0.1, 0.15) is 32.2 Å². The Hall–Kier alpha value is -3.34. The smallest absolute Gasteiger partial charge is 0.254 e. The molecule has 39 heavy (non-hydrogen) atoms. The number of nitrogen functional groups attached to an aromatic ring is 2. The SMILES string of the molecule is CC(C)Nc1nc(-n2cccn2)nc(N)c1Br.Nc1nc(-n2cccn2)nc(NCCN2CCOCC2)c1Br. The molecule has 16 heteroatoms. The molecular weight excluding hydrogens is 634 g/mol. The highest BCUT2D eigenvalue weighted by atomic mass is 79.9. The average molecular weight is 665 g/mol. The van der Waals surface area contributed by atoms with Gasteiger partial charge in [0, 0.05) is 57.0 Å². The van der Waals surface area contributed by atoms with Crippen LogP contribution in [0.5, 0.6) is 0 Å². The van der Waals surface area contributed by atoms with Gasteiger partial charge in [-0.15, -0.1) is 0 Å². The summed E-state index contributed by atoms with van der Waals surface area (Å²) in [6.45, 7) is 9.28. The first-order chi connectivity index (χ1) is 18.8. The molecule has 1 saturated heterocycles. The van der Waals surface area contributed by atoms with Gasteiger partial charge in [-0.1, -0.05) is 0 Å². The maximum absolute atomic E-state index is 5.94. The summed E-state index contributed by atoms with van der Waals surface area (Å²) < 4.78 is 9.82. The van der Waals surface area contributed by atoms with Gasteiger partial charge in [-0.3, -0.25) is 4.90 Å². The molecule has 14 nitrogen and oxygen atoms in total. The Labute approximate surface area is 242 Å². The highest BCUT2D eigenvalue weighted by molar-refractivity contribution is 9.11. The Bertz CT molecular complexity index is 1330. The van der Waals surface area contributed by atoms with Crippen molar-refractivity contribution in [3.05, 3.63) is 45.9 Å². The van der Waals surface area contributed by atoms with Gasteiger partial charge >= 0.3 is 0 Å². The zero-order chi connectivity index (χ0) is 27.8. The molecule has 0 aliphatic carbocycles. The highest BCUT2D eigenvalue weighted by Crippen LogP contribution is 2.27. The summed E-state index contributed by atoms with van der Waals surface area (Å²) in [6.07, 6.45) is 6.88. The number of halogens is 2. The summed E-state index contributed by atoms with van der Waals surface area (Å²) >= 11 is 6.79. The number of aromatic nitrogens is 8. The first-order valence-electron chi connectivity index (χ1n) is 12.3. The van der Waals surface area contributed by atoms with Gasteiger partial charge in [-0.2, -0.15) is 30.1 Å².